The number of fused-ring (bicyclic) bond motifs is 1. The van der Waals surface area contributed by atoms with Gasteiger partial charge in [-0.15, -0.1) is 0 Å². The first-order valence-corrected chi connectivity index (χ1v) is 8.27. The molecule has 27 heavy (non-hydrogen) atoms. The molecular weight excluding hydrogens is 355 g/mol. The summed E-state index contributed by atoms with van der Waals surface area (Å²) in [6.07, 6.45) is 14.1. The Morgan fingerprint density at radius 2 is 1.70 bits per heavy atom. The highest BCUT2D eigenvalue weighted by Crippen LogP contribution is 2.35. The van der Waals surface area contributed by atoms with Gasteiger partial charge in [0, 0.05) is 18.2 Å². The zero-order valence-corrected chi connectivity index (χ0v) is 15.1. The third kappa shape index (κ3) is 4.34. The highest BCUT2D eigenvalue weighted by molar-refractivity contribution is 6.54. The van der Waals surface area contributed by atoms with E-state index in [1.54, 1.807) is 12.2 Å². The van der Waals surface area contributed by atoms with Gasteiger partial charge in [-0.3, -0.25) is 0 Å². The first kappa shape index (κ1) is 18.6. The average Bonchev–Trinajstić information content (AvgIpc) is 2.57. The Morgan fingerprint density at radius 1 is 1.04 bits per heavy atom. The molecule has 0 aromatic carbocycles. The SMILES string of the molecule is Cc1cc2c(c(=O)o1)/C(=C\C=C\C=C1C=CC(=[N+](C)C)C=C1)O[B-](F)(F)O2. The Labute approximate surface area is 155 Å². The maximum absolute atomic E-state index is 13.7. The van der Waals surface area contributed by atoms with Crippen LogP contribution in [0.15, 0.2) is 69.5 Å². The molecule has 0 bridgehead atoms. The van der Waals surface area contributed by atoms with E-state index in [4.69, 9.17) is 4.42 Å². The van der Waals surface area contributed by atoms with Crippen LogP contribution in [0.4, 0.5) is 8.63 Å². The van der Waals surface area contributed by atoms with Gasteiger partial charge in [-0.2, -0.15) is 0 Å². The van der Waals surface area contributed by atoms with Gasteiger partial charge in [0.15, 0.2) is 5.71 Å². The minimum absolute atomic E-state index is 0.159. The van der Waals surface area contributed by atoms with Crippen molar-refractivity contribution < 1.29 is 26.9 Å². The van der Waals surface area contributed by atoms with Crippen LogP contribution in [0.2, 0.25) is 0 Å². The van der Waals surface area contributed by atoms with E-state index >= 15 is 0 Å². The number of halogens is 2. The molecule has 2 heterocycles. The van der Waals surface area contributed by atoms with Gasteiger partial charge >= 0.3 is 12.7 Å². The van der Waals surface area contributed by atoms with Crippen LogP contribution in [0.3, 0.4) is 0 Å². The number of aryl methyl sites for hydroxylation is 1. The van der Waals surface area contributed by atoms with Crippen LogP contribution in [0, 0.1) is 6.92 Å². The molecule has 0 saturated heterocycles. The van der Waals surface area contributed by atoms with Crippen molar-refractivity contribution in [2.45, 2.75) is 6.92 Å². The molecule has 8 heteroatoms. The average molecular weight is 373 g/mol. The van der Waals surface area contributed by atoms with E-state index in [-0.39, 0.29) is 22.8 Å². The summed E-state index contributed by atoms with van der Waals surface area (Å²) in [6, 6.07) is 1.24. The van der Waals surface area contributed by atoms with Crippen molar-refractivity contribution in [1.82, 2.24) is 0 Å². The molecule has 0 atom stereocenters. The molecule has 2 aliphatic rings. The minimum Gasteiger partial charge on any atom is -0.627 e. The molecule has 1 aromatic heterocycles. The van der Waals surface area contributed by atoms with Crippen LogP contribution in [0.5, 0.6) is 5.75 Å². The largest absolute Gasteiger partial charge is 0.725 e. The summed E-state index contributed by atoms with van der Waals surface area (Å²) in [5.41, 5.74) is 1.05. The smallest absolute Gasteiger partial charge is 0.627 e. The first-order chi connectivity index (χ1) is 12.7. The maximum atomic E-state index is 13.7. The van der Waals surface area contributed by atoms with Crippen molar-refractivity contribution in [3.8, 4) is 5.75 Å². The summed E-state index contributed by atoms with van der Waals surface area (Å²) in [5, 5.41) is 0. The van der Waals surface area contributed by atoms with Crippen molar-refractivity contribution in [2.24, 2.45) is 0 Å². The van der Waals surface area contributed by atoms with E-state index in [0.29, 0.717) is 0 Å². The molecule has 0 spiro atoms. The normalized spacial score (nSPS) is 19.1. The number of hydrogen-bond acceptors (Lipinski definition) is 4. The van der Waals surface area contributed by atoms with Crippen molar-refractivity contribution in [1.29, 1.82) is 0 Å². The van der Waals surface area contributed by atoms with E-state index in [2.05, 4.69) is 9.31 Å². The van der Waals surface area contributed by atoms with Crippen molar-refractivity contribution >= 4 is 18.6 Å². The van der Waals surface area contributed by atoms with Crippen LogP contribution >= 0.6 is 0 Å². The predicted molar refractivity (Wildman–Crippen MR) is 100.0 cm³/mol. The Balaban J connectivity index is 1.86. The zero-order valence-electron chi connectivity index (χ0n) is 15.1. The molecule has 0 unspecified atom stereocenters. The number of nitrogens with zero attached hydrogens (tertiary/aromatic N) is 1. The lowest BCUT2D eigenvalue weighted by molar-refractivity contribution is -0.462. The van der Waals surface area contributed by atoms with Crippen molar-refractivity contribution in [3.05, 3.63) is 82.0 Å². The summed E-state index contributed by atoms with van der Waals surface area (Å²) in [7, 11) is -0.649. The van der Waals surface area contributed by atoms with Crippen LogP contribution in [0.25, 0.3) is 5.76 Å². The molecule has 5 nitrogen and oxygen atoms in total. The summed E-state index contributed by atoms with van der Waals surface area (Å²) in [6.45, 7) is 1.48. The van der Waals surface area contributed by atoms with Gasteiger partial charge in [0.1, 0.15) is 25.4 Å². The number of rotatable bonds is 2. The molecule has 0 N–H and O–H groups in total. The molecule has 1 aliphatic carbocycles. The van der Waals surface area contributed by atoms with E-state index in [1.165, 1.54) is 25.1 Å². The lowest BCUT2D eigenvalue weighted by Gasteiger charge is -2.35. The fourth-order valence-corrected chi connectivity index (χ4v) is 2.59. The fourth-order valence-electron chi connectivity index (χ4n) is 2.59. The molecule has 0 fully saturated rings. The Kier molecular flexibility index (Phi) is 4.99. The monoisotopic (exact) mass is 373 g/mol. The van der Waals surface area contributed by atoms with E-state index < -0.39 is 12.7 Å². The quantitative estimate of drug-likeness (QED) is 0.589. The molecule has 1 aromatic rings. The van der Waals surface area contributed by atoms with Gasteiger partial charge in [-0.25, -0.2) is 9.37 Å². The highest BCUT2D eigenvalue weighted by atomic mass is 19.3. The first-order valence-electron chi connectivity index (χ1n) is 8.27. The Bertz CT molecular complexity index is 991. The van der Waals surface area contributed by atoms with Gasteiger partial charge in [0.25, 0.3) is 0 Å². The molecule has 140 valence electrons. The topological polar surface area (TPSA) is 51.7 Å². The molecule has 3 rings (SSSR count). The van der Waals surface area contributed by atoms with Crippen molar-refractivity contribution in [3.63, 3.8) is 0 Å². The second-order valence-electron chi connectivity index (χ2n) is 6.22. The predicted octanol–water partition coefficient (Wildman–Crippen LogP) is 3.39. The molecular formula is C19H18BF2NO4. The summed E-state index contributed by atoms with van der Waals surface area (Å²) < 4.78 is 43.3. The van der Waals surface area contributed by atoms with Crippen molar-refractivity contribution in [2.75, 3.05) is 14.1 Å². The van der Waals surface area contributed by atoms with Gasteiger partial charge in [-0.05, 0) is 30.7 Å². The Morgan fingerprint density at radius 3 is 2.37 bits per heavy atom. The Hall–Kier alpha value is -3.16. The highest BCUT2D eigenvalue weighted by Gasteiger charge is 2.40. The van der Waals surface area contributed by atoms with E-state index in [9.17, 15) is 13.4 Å². The molecule has 0 radical (unpaired) electrons. The van der Waals surface area contributed by atoms with Crippen LogP contribution < -0.4 is 10.3 Å². The van der Waals surface area contributed by atoms with Gasteiger partial charge in [0.2, 0.25) is 0 Å². The van der Waals surface area contributed by atoms with Gasteiger partial charge < -0.3 is 22.4 Å². The van der Waals surface area contributed by atoms with Crippen LogP contribution in [-0.2, 0) is 4.65 Å². The van der Waals surface area contributed by atoms with Crippen LogP contribution in [-0.4, -0.2) is 31.5 Å². The lowest BCUT2D eigenvalue weighted by Crippen LogP contribution is -2.40. The van der Waals surface area contributed by atoms with Gasteiger partial charge in [-0.1, -0.05) is 18.2 Å². The maximum Gasteiger partial charge on any atom is 0.725 e. The minimum atomic E-state index is -4.55. The van der Waals surface area contributed by atoms with Gasteiger partial charge in [0.05, 0.1) is 11.5 Å². The summed E-state index contributed by atoms with van der Waals surface area (Å²) in [4.78, 5) is 12.0. The summed E-state index contributed by atoms with van der Waals surface area (Å²) >= 11 is 0. The number of allylic oxidation sites excluding steroid dienone is 9. The standard InChI is InChI=1S/C19H18BF2NO4/c1-13-12-17-18(19(24)25-13)16(26-20(21,22)27-17)7-5-4-6-14-8-10-15(11-9-14)23(2)3/h4-12H,1-3H3/b5-4+,16-7+. The molecule has 0 saturated carbocycles. The third-order valence-corrected chi connectivity index (χ3v) is 3.87. The molecule has 0 amide bonds. The fraction of sp³-hybridized carbons (Fsp3) is 0.158. The second kappa shape index (κ2) is 7.22. The summed E-state index contributed by atoms with van der Waals surface area (Å²) in [5.74, 6) is -0.359. The third-order valence-electron chi connectivity index (χ3n) is 3.87. The second-order valence-corrected chi connectivity index (χ2v) is 6.22. The molecule has 1 aliphatic heterocycles. The van der Waals surface area contributed by atoms with E-state index in [1.807, 2.05) is 43.0 Å². The van der Waals surface area contributed by atoms with E-state index in [0.717, 1.165) is 11.3 Å². The number of hydrogen-bond donors (Lipinski definition) is 0. The lowest BCUT2D eigenvalue weighted by atomic mass is 10.1. The zero-order chi connectivity index (χ0) is 19.6. The van der Waals surface area contributed by atoms with Crippen LogP contribution in [0.1, 0.15) is 11.3 Å².